The SMILES string of the molecule is O=C1c2cc3c(cc2C[C@H]2c4cc5c(cc4CCN12)OCO5)OCO3. The van der Waals surface area contributed by atoms with Crippen molar-refractivity contribution in [2.75, 3.05) is 20.1 Å². The van der Waals surface area contributed by atoms with E-state index in [0.29, 0.717) is 12.3 Å². The van der Waals surface area contributed by atoms with Gasteiger partial charge in [-0.15, -0.1) is 0 Å². The average molecular weight is 337 g/mol. The van der Waals surface area contributed by atoms with E-state index in [0.717, 1.165) is 46.8 Å². The van der Waals surface area contributed by atoms with Gasteiger partial charge in [0.1, 0.15) is 0 Å². The fourth-order valence-corrected chi connectivity index (χ4v) is 4.27. The van der Waals surface area contributed by atoms with Crippen molar-refractivity contribution in [2.24, 2.45) is 0 Å². The van der Waals surface area contributed by atoms with Gasteiger partial charge in [0.25, 0.3) is 5.91 Å². The van der Waals surface area contributed by atoms with Crippen molar-refractivity contribution in [3.63, 3.8) is 0 Å². The van der Waals surface area contributed by atoms with Gasteiger partial charge in [0, 0.05) is 12.1 Å². The lowest BCUT2D eigenvalue weighted by Gasteiger charge is -2.41. The zero-order valence-electron chi connectivity index (χ0n) is 13.4. The van der Waals surface area contributed by atoms with E-state index in [1.807, 2.05) is 23.1 Å². The molecule has 6 heteroatoms. The molecule has 0 aromatic heterocycles. The quantitative estimate of drug-likeness (QED) is 0.739. The van der Waals surface area contributed by atoms with Gasteiger partial charge in [0.05, 0.1) is 6.04 Å². The number of hydrogen-bond acceptors (Lipinski definition) is 5. The van der Waals surface area contributed by atoms with Crippen LogP contribution in [0.3, 0.4) is 0 Å². The minimum Gasteiger partial charge on any atom is -0.454 e. The zero-order valence-corrected chi connectivity index (χ0v) is 13.4. The molecule has 126 valence electrons. The monoisotopic (exact) mass is 337 g/mol. The van der Waals surface area contributed by atoms with Gasteiger partial charge in [-0.05, 0) is 53.8 Å². The topological polar surface area (TPSA) is 57.2 Å². The Balaban J connectivity index is 1.48. The van der Waals surface area contributed by atoms with Crippen molar-refractivity contribution in [1.82, 2.24) is 4.90 Å². The molecule has 0 aliphatic carbocycles. The Kier molecular flexibility index (Phi) is 2.46. The summed E-state index contributed by atoms with van der Waals surface area (Å²) in [5.74, 6) is 3.02. The predicted octanol–water partition coefficient (Wildman–Crippen LogP) is 2.44. The fourth-order valence-electron chi connectivity index (χ4n) is 4.27. The number of carbonyl (C=O) groups is 1. The highest BCUT2D eigenvalue weighted by Crippen LogP contribution is 2.45. The number of fused-ring (bicyclic) bond motifs is 6. The van der Waals surface area contributed by atoms with Crippen LogP contribution in [0.1, 0.15) is 33.1 Å². The summed E-state index contributed by atoms with van der Waals surface area (Å²) < 4.78 is 21.9. The van der Waals surface area contributed by atoms with Crippen LogP contribution in [0.25, 0.3) is 0 Å². The van der Waals surface area contributed by atoms with Crippen LogP contribution in [0.4, 0.5) is 0 Å². The number of benzene rings is 2. The summed E-state index contributed by atoms with van der Waals surface area (Å²) in [7, 11) is 0. The first-order valence-corrected chi connectivity index (χ1v) is 8.44. The van der Waals surface area contributed by atoms with Crippen LogP contribution in [0.15, 0.2) is 24.3 Å². The van der Waals surface area contributed by atoms with Gasteiger partial charge in [-0.2, -0.15) is 0 Å². The number of carbonyl (C=O) groups excluding carboxylic acids is 1. The Morgan fingerprint density at radius 3 is 2.24 bits per heavy atom. The molecular weight excluding hydrogens is 322 g/mol. The fraction of sp³-hybridized carbons (Fsp3) is 0.316. The van der Waals surface area contributed by atoms with Gasteiger partial charge in [0.2, 0.25) is 13.6 Å². The van der Waals surface area contributed by atoms with Gasteiger partial charge >= 0.3 is 0 Å². The first-order chi connectivity index (χ1) is 12.3. The Morgan fingerprint density at radius 1 is 0.840 bits per heavy atom. The minimum atomic E-state index is 0.0265. The third-order valence-corrected chi connectivity index (χ3v) is 5.49. The van der Waals surface area contributed by atoms with E-state index < -0.39 is 0 Å². The van der Waals surface area contributed by atoms with Crippen LogP contribution in [0, 0.1) is 0 Å². The largest absolute Gasteiger partial charge is 0.454 e. The van der Waals surface area contributed by atoms with Crippen molar-refractivity contribution in [3.05, 3.63) is 46.5 Å². The molecule has 0 unspecified atom stereocenters. The standard InChI is InChI=1S/C19H15NO5/c21-19-13-7-18-16(23-9-25-18)5-11(13)3-14-12-6-17-15(22-8-24-17)4-10(12)1-2-20(14)19/h4-7,14H,1-3,8-9H2/t14-/m0/s1. The summed E-state index contributed by atoms with van der Waals surface area (Å²) in [4.78, 5) is 15.0. The van der Waals surface area contributed by atoms with Gasteiger partial charge in [-0.3, -0.25) is 4.79 Å². The Morgan fingerprint density at radius 2 is 1.48 bits per heavy atom. The minimum absolute atomic E-state index is 0.0265. The molecular formula is C19H15NO5. The first-order valence-electron chi connectivity index (χ1n) is 8.44. The van der Waals surface area contributed by atoms with Crippen LogP contribution >= 0.6 is 0 Å². The molecule has 0 fully saturated rings. The number of ether oxygens (including phenoxy) is 4. The Labute approximate surface area is 143 Å². The highest BCUT2D eigenvalue weighted by atomic mass is 16.7. The predicted molar refractivity (Wildman–Crippen MR) is 86.3 cm³/mol. The summed E-state index contributed by atoms with van der Waals surface area (Å²) in [5, 5.41) is 0. The second-order valence-corrected chi connectivity index (χ2v) is 6.74. The molecule has 25 heavy (non-hydrogen) atoms. The Hall–Kier alpha value is -2.89. The zero-order chi connectivity index (χ0) is 16.5. The van der Waals surface area contributed by atoms with Crippen molar-refractivity contribution in [2.45, 2.75) is 18.9 Å². The van der Waals surface area contributed by atoms with Gasteiger partial charge in [0.15, 0.2) is 23.0 Å². The first kappa shape index (κ1) is 13.4. The van der Waals surface area contributed by atoms with Crippen molar-refractivity contribution in [3.8, 4) is 23.0 Å². The highest BCUT2D eigenvalue weighted by molar-refractivity contribution is 5.98. The highest BCUT2D eigenvalue weighted by Gasteiger charge is 2.39. The third kappa shape index (κ3) is 1.76. The van der Waals surface area contributed by atoms with E-state index in [9.17, 15) is 4.79 Å². The maximum absolute atomic E-state index is 13.1. The van der Waals surface area contributed by atoms with Gasteiger partial charge in [-0.1, -0.05) is 0 Å². The van der Waals surface area contributed by atoms with E-state index in [2.05, 4.69) is 6.07 Å². The molecule has 0 saturated heterocycles. The lowest BCUT2D eigenvalue weighted by Crippen LogP contribution is -2.44. The van der Waals surface area contributed by atoms with E-state index in [1.165, 1.54) is 5.56 Å². The maximum Gasteiger partial charge on any atom is 0.254 e. The van der Waals surface area contributed by atoms with Crippen molar-refractivity contribution < 1.29 is 23.7 Å². The number of amides is 1. The number of rotatable bonds is 0. The van der Waals surface area contributed by atoms with Crippen LogP contribution in [-0.4, -0.2) is 30.9 Å². The molecule has 2 aromatic carbocycles. The van der Waals surface area contributed by atoms with Crippen LogP contribution in [-0.2, 0) is 12.8 Å². The maximum atomic E-state index is 13.1. The molecule has 0 N–H and O–H groups in total. The molecule has 0 radical (unpaired) electrons. The summed E-state index contributed by atoms with van der Waals surface area (Å²) in [6.45, 7) is 1.19. The summed E-state index contributed by atoms with van der Waals surface area (Å²) in [6.07, 6.45) is 1.60. The molecule has 2 aromatic rings. The van der Waals surface area contributed by atoms with E-state index in [-0.39, 0.29) is 25.5 Å². The molecule has 1 atom stereocenters. The molecule has 1 amide bonds. The summed E-state index contributed by atoms with van der Waals surface area (Å²) >= 11 is 0. The van der Waals surface area contributed by atoms with Crippen molar-refractivity contribution in [1.29, 1.82) is 0 Å². The lowest BCUT2D eigenvalue weighted by molar-refractivity contribution is 0.0631. The molecule has 4 heterocycles. The average Bonchev–Trinajstić information content (AvgIpc) is 3.26. The molecule has 4 aliphatic heterocycles. The molecule has 6 rings (SSSR count). The second-order valence-electron chi connectivity index (χ2n) is 6.74. The smallest absolute Gasteiger partial charge is 0.254 e. The summed E-state index contributed by atoms with van der Waals surface area (Å²) in [6, 6.07) is 7.91. The van der Waals surface area contributed by atoms with Crippen LogP contribution in [0.2, 0.25) is 0 Å². The lowest BCUT2D eigenvalue weighted by atomic mass is 9.83. The molecule has 0 spiro atoms. The summed E-state index contributed by atoms with van der Waals surface area (Å²) in [5.41, 5.74) is 4.14. The van der Waals surface area contributed by atoms with E-state index in [4.69, 9.17) is 18.9 Å². The molecule has 6 nitrogen and oxygen atoms in total. The van der Waals surface area contributed by atoms with Crippen LogP contribution < -0.4 is 18.9 Å². The van der Waals surface area contributed by atoms with Crippen LogP contribution in [0.5, 0.6) is 23.0 Å². The normalized spacial score (nSPS) is 21.7. The molecule has 0 saturated carbocycles. The van der Waals surface area contributed by atoms with Gasteiger partial charge in [-0.25, -0.2) is 0 Å². The third-order valence-electron chi connectivity index (χ3n) is 5.49. The number of hydrogen-bond donors (Lipinski definition) is 0. The van der Waals surface area contributed by atoms with Gasteiger partial charge < -0.3 is 23.8 Å². The van der Waals surface area contributed by atoms with Crippen molar-refractivity contribution >= 4 is 5.91 Å². The second kappa shape index (κ2) is 4.59. The molecule has 4 aliphatic rings. The molecule has 0 bridgehead atoms. The number of nitrogens with zero attached hydrogens (tertiary/aromatic N) is 1. The van der Waals surface area contributed by atoms with E-state index in [1.54, 1.807) is 0 Å². The Bertz CT molecular complexity index is 938. The van der Waals surface area contributed by atoms with E-state index >= 15 is 0 Å².